The number of nitrogens with zero attached hydrogens (tertiary/aromatic N) is 1. The molecule has 2 N–H and O–H groups in total. The van der Waals surface area contributed by atoms with Gasteiger partial charge in [0.1, 0.15) is 5.00 Å². The second-order valence-corrected chi connectivity index (χ2v) is 11.7. The number of hydrogen-bond acceptors (Lipinski definition) is 5. The van der Waals surface area contributed by atoms with Crippen LogP contribution in [-0.4, -0.2) is 25.2 Å². The van der Waals surface area contributed by atoms with Gasteiger partial charge in [-0.05, 0) is 57.9 Å². The number of thiophene rings is 1. The van der Waals surface area contributed by atoms with Crippen LogP contribution in [0.5, 0.6) is 0 Å². The monoisotopic (exact) mass is 477 g/mol. The summed E-state index contributed by atoms with van der Waals surface area (Å²) in [5.41, 5.74) is -0.991. The van der Waals surface area contributed by atoms with Gasteiger partial charge in [-0.1, -0.05) is 51.1 Å². The molecule has 5 nitrogen and oxygen atoms in total. The third-order valence-electron chi connectivity index (χ3n) is 5.28. The Morgan fingerprint density at radius 2 is 1.53 bits per heavy atom. The molecule has 3 rings (SSSR count). The molecular weight excluding hydrogens is 442 g/mol. The molecule has 3 aromatic rings. The molecule has 0 bridgehead atoms. The molecule has 0 aliphatic heterocycles. The van der Waals surface area contributed by atoms with Crippen LogP contribution < -0.4 is 4.31 Å². The van der Waals surface area contributed by atoms with Crippen LogP contribution in [0, 0.1) is 0 Å². The van der Waals surface area contributed by atoms with E-state index in [0.29, 0.717) is 29.1 Å². The number of fused-ring (bicyclic) bond motifs is 1. The van der Waals surface area contributed by atoms with Crippen molar-refractivity contribution < 1.29 is 18.6 Å². The quantitative estimate of drug-likeness (QED) is 0.418. The van der Waals surface area contributed by atoms with Gasteiger partial charge in [-0.3, -0.25) is 4.31 Å². The number of rotatable bonds is 8. The van der Waals surface area contributed by atoms with E-state index in [0.717, 1.165) is 16.5 Å². The minimum absolute atomic E-state index is 0. The summed E-state index contributed by atoms with van der Waals surface area (Å²) in [6, 6.07) is 14.1. The van der Waals surface area contributed by atoms with Crippen LogP contribution in [0.25, 0.3) is 10.1 Å². The molecule has 32 heavy (non-hydrogen) atoms. The van der Waals surface area contributed by atoms with E-state index in [1.54, 1.807) is 52.0 Å². The Balaban J connectivity index is 0.00000363. The van der Waals surface area contributed by atoms with Crippen LogP contribution in [0.4, 0.5) is 5.00 Å². The first-order chi connectivity index (χ1) is 14.4. The number of aliphatic hydroxyl groups is 2. The van der Waals surface area contributed by atoms with Gasteiger partial charge in [0.15, 0.2) is 0 Å². The molecule has 1 aromatic heterocycles. The molecule has 2 aromatic carbocycles. The van der Waals surface area contributed by atoms with Crippen LogP contribution in [0.15, 0.2) is 53.4 Å². The van der Waals surface area contributed by atoms with Crippen LogP contribution in [0.1, 0.15) is 66.0 Å². The first-order valence-electron chi connectivity index (χ1n) is 10.5. The van der Waals surface area contributed by atoms with E-state index in [4.69, 9.17) is 0 Å². The lowest BCUT2D eigenvalue weighted by molar-refractivity contribution is 0.0784. The molecule has 0 atom stereocenters. The molecule has 0 saturated heterocycles. The Hall–Kier alpha value is -1.93. The van der Waals surface area contributed by atoms with E-state index in [-0.39, 0.29) is 12.3 Å². The van der Waals surface area contributed by atoms with Gasteiger partial charge >= 0.3 is 0 Å². The zero-order valence-corrected chi connectivity index (χ0v) is 20.3. The van der Waals surface area contributed by atoms with Crippen molar-refractivity contribution in [2.75, 3.05) is 10.8 Å². The second-order valence-electron chi connectivity index (χ2n) is 8.85. The van der Waals surface area contributed by atoms with Crippen molar-refractivity contribution in [3.05, 3.63) is 59.7 Å². The van der Waals surface area contributed by atoms with E-state index in [9.17, 15) is 18.6 Å². The second kappa shape index (κ2) is 9.51. The third-order valence-corrected chi connectivity index (χ3v) is 8.40. The summed E-state index contributed by atoms with van der Waals surface area (Å²) in [6.07, 6.45) is 1.53. The average Bonchev–Trinajstić information content (AvgIpc) is 3.07. The Morgan fingerprint density at radius 3 is 2.06 bits per heavy atom. The Bertz CT molecular complexity index is 1150. The first-order valence-corrected chi connectivity index (χ1v) is 12.7. The van der Waals surface area contributed by atoms with Gasteiger partial charge in [0.2, 0.25) is 0 Å². The summed E-state index contributed by atoms with van der Waals surface area (Å²) in [5.74, 6) is 0. The number of hydrogen-bond donors (Lipinski definition) is 2. The summed E-state index contributed by atoms with van der Waals surface area (Å²) >= 11 is 1.39. The smallest absolute Gasteiger partial charge is 0.264 e. The standard InChI is InChI=1S/C24H31NO4S2.CH4/c1-6-7-16-25(31(28,29)18-14-12-17(13-15-18)23(2,3)26)22-21(24(4,5)27)19-10-8-9-11-20(19)30-22;/h8-15,26-27H,6-7,16H2,1-5H3;1H4. The lowest BCUT2D eigenvalue weighted by atomic mass is 9.97. The van der Waals surface area contributed by atoms with Crippen molar-refractivity contribution in [3.8, 4) is 0 Å². The highest BCUT2D eigenvalue weighted by atomic mass is 32.2. The maximum atomic E-state index is 13.7. The number of sulfonamides is 1. The van der Waals surface area contributed by atoms with Gasteiger partial charge in [-0.15, -0.1) is 11.3 Å². The maximum absolute atomic E-state index is 13.7. The molecule has 0 aliphatic rings. The SMILES string of the molecule is C.CCCCN(c1sc2ccccc2c1C(C)(C)O)S(=O)(=O)c1ccc(C(C)(C)O)cc1. The van der Waals surface area contributed by atoms with Gasteiger partial charge in [-0.25, -0.2) is 8.42 Å². The van der Waals surface area contributed by atoms with Crippen LogP contribution in [-0.2, 0) is 21.2 Å². The van der Waals surface area contributed by atoms with E-state index in [1.807, 2.05) is 31.2 Å². The van der Waals surface area contributed by atoms with Crippen molar-refractivity contribution in [3.63, 3.8) is 0 Å². The molecule has 0 unspecified atom stereocenters. The van der Waals surface area contributed by atoms with E-state index in [1.165, 1.54) is 15.6 Å². The average molecular weight is 478 g/mol. The van der Waals surface area contributed by atoms with Crippen molar-refractivity contribution in [1.82, 2.24) is 0 Å². The first kappa shape index (κ1) is 26.3. The summed E-state index contributed by atoms with van der Waals surface area (Å²) in [6.45, 7) is 9.04. The molecule has 176 valence electrons. The number of unbranched alkanes of at least 4 members (excludes halogenated alkanes) is 1. The molecule has 0 radical (unpaired) electrons. The summed E-state index contributed by atoms with van der Waals surface area (Å²) < 4.78 is 29.9. The molecule has 0 fully saturated rings. The molecule has 1 heterocycles. The number of benzene rings is 2. The molecule has 0 amide bonds. The van der Waals surface area contributed by atoms with Crippen molar-refractivity contribution in [1.29, 1.82) is 0 Å². The Labute approximate surface area is 196 Å². The minimum Gasteiger partial charge on any atom is -0.386 e. The fourth-order valence-electron chi connectivity index (χ4n) is 3.59. The summed E-state index contributed by atoms with van der Waals surface area (Å²) in [4.78, 5) is 0.163. The predicted octanol–water partition coefficient (Wildman–Crippen LogP) is 5.99. The molecular formula is C25H35NO4S2. The molecule has 7 heteroatoms. The van der Waals surface area contributed by atoms with Crippen LogP contribution >= 0.6 is 11.3 Å². The normalized spacial score (nSPS) is 12.6. The van der Waals surface area contributed by atoms with E-state index in [2.05, 4.69) is 0 Å². The molecule has 0 aliphatic carbocycles. The lowest BCUT2D eigenvalue weighted by Gasteiger charge is -2.28. The fraction of sp³-hybridized carbons (Fsp3) is 0.440. The van der Waals surface area contributed by atoms with Crippen LogP contribution in [0.2, 0.25) is 0 Å². The Kier molecular flexibility index (Phi) is 7.83. The summed E-state index contributed by atoms with van der Waals surface area (Å²) in [5, 5.41) is 22.6. The lowest BCUT2D eigenvalue weighted by Crippen LogP contribution is -2.33. The van der Waals surface area contributed by atoms with Crippen LogP contribution in [0.3, 0.4) is 0 Å². The van der Waals surface area contributed by atoms with Crippen molar-refractivity contribution >= 4 is 36.4 Å². The van der Waals surface area contributed by atoms with Gasteiger partial charge < -0.3 is 10.2 Å². The number of anilines is 1. The van der Waals surface area contributed by atoms with Gasteiger partial charge in [0.25, 0.3) is 10.0 Å². The topological polar surface area (TPSA) is 77.8 Å². The molecule has 0 saturated carbocycles. The summed E-state index contributed by atoms with van der Waals surface area (Å²) in [7, 11) is -3.87. The van der Waals surface area contributed by atoms with E-state index < -0.39 is 21.2 Å². The van der Waals surface area contributed by atoms with Gasteiger partial charge in [-0.2, -0.15) is 0 Å². The zero-order valence-electron chi connectivity index (χ0n) is 18.7. The predicted molar refractivity (Wildman–Crippen MR) is 135 cm³/mol. The maximum Gasteiger partial charge on any atom is 0.264 e. The zero-order chi connectivity index (χ0) is 23.0. The highest BCUT2D eigenvalue weighted by Crippen LogP contribution is 2.45. The van der Waals surface area contributed by atoms with E-state index >= 15 is 0 Å². The Morgan fingerprint density at radius 1 is 0.938 bits per heavy atom. The van der Waals surface area contributed by atoms with Crippen molar-refractivity contribution in [2.45, 2.75) is 71.0 Å². The minimum atomic E-state index is -3.87. The molecule has 0 spiro atoms. The largest absolute Gasteiger partial charge is 0.386 e. The van der Waals surface area contributed by atoms with Gasteiger partial charge in [0, 0.05) is 22.2 Å². The fourth-order valence-corrected chi connectivity index (χ4v) is 6.70. The third kappa shape index (κ3) is 5.17. The van der Waals surface area contributed by atoms with Crippen molar-refractivity contribution in [2.24, 2.45) is 0 Å². The highest BCUT2D eigenvalue weighted by Gasteiger charge is 2.34. The highest BCUT2D eigenvalue weighted by molar-refractivity contribution is 7.93. The van der Waals surface area contributed by atoms with Gasteiger partial charge in [0.05, 0.1) is 16.1 Å².